The van der Waals surface area contributed by atoms with Crippen LogP contribution in [0.15, 0.2) is 59.1 Å². The standard InChI is InChI=1S/C19H16N2O4/c1-12-6-8-13(9-7-12)14-10-18(25-21-14)20-19(22)17-11-23-15-4-2-3-5-16(15)24-17/h2-10,17H,11H2,1H3,(H,20,22)/t17-/m1/s1. The molecular weight excluding hydrogens is 320 g/mol. The highest BCUT2D eigenvalue weighted by Crippen LogP contribution is 2.31. The van der Waals surface area contributed by atoms with Gasteiger partial charge in [0.15, 0.2) is 11.5 Å². The molecular formula is C19H16N2O4. The van der Waals surface area contributed by atoms with Crippen molar-refractivity contribution >= 4 is 11.8 Å². The minimum Gasteiger partial charge on any atom is -0.485 e. The Morgan fingerprint density at radius 1 is 1.12 bits per heavy atom. The number of para-hydroxylation sites is 2. The Balaban J connectivity index is 1.44. The molecule has 0 aliphatic carbocycles. The second-order valence-corrected chi connectivity index (χ2v) is 5.80. The Kier molecular flexibility index (Phi) is 3.85. The highest BCUT2D eigenvalue weighted by Gasteiger charge is 2.28. The molecule has 0 fully saturated rings. The van der Waals surface area contributed by atoms with Crippen LogP contribution in [0.4, 0.5) is 5.88 Å². The van der Waals surface area contributed by atoms with Crippen LogP contribution in [-0.2, 0) is 4.79 Å². The number of nitrogens with zero attached hydrogens (tertiary/aromatic N) is 1. The van der Waals surface area contributed by atoms with Crippen molar-refractivity contribution in [2.24, 2.45) is 0 Å². The average molecular weight is 336 g/mol. The number of carbonyl (C=O) groups excluding carboxylic acids is 1. The van der Waals surface area contributed by atoms with Crippen molar-refractivity contribution in [1.82, 2.24) is 5.16 Å². The largest absolute Gasteiger partial charge is 0.485 e. The van der Waals surface area contributed by atoms with Crippen LogP contribution in [0.25, 0.3) is 11.3 Å². The van der Waals surface area contributed by atoms with E-state index in [1.165, 1.54) is 0 Å². The Hall–Kier alpha value is -3.28. The molecule has 3 aromatic rings. The maximum Gasteiger partial charge on any atom is 0.271 e. The molecule has 1 atom stereocenters. The lowest BCUT2D eigenvalue weighted by Gasteiger charge is -2.25. The van der Waals surface area contributed by atoms with Crippen molar-refractivity contribution < 1.29 is 18.8 Å². The predicted octanol–water partition coefficient (Wildman–Crippen LogP) is 3.43. The van der Waals surface area contributed by atoms with Gasteiger partial charge in [-0.1, -0.05) is 47.1 Å². The van der Waals surface area contributed by atoms with E-state index in [1.807, 2.05) is 43.3 Å². The van der Waals surface area contributed by atoms with E-state index in [9.17, 15) is 4.79 Å². The van der Waals surface area contributed by atoms with Gasteiger partial charge in [-0.2, -0.15) is 0 Å². The monoisotopic (exact) mass is 336 g/mol. The molecule has 0 saturated carbocycles. The molecule has 0 radical (unpaired) electrons. The second-order valence-electron chi connectivity index (χ2n) is 5.80. The van der Waals surface area contributed by atoms with Gasteiger partial charge in [0.2, 0.25) is 12.0 Å². The van der Waals surface area contributed by atoms with Crippen LogP contribution in [0.3, 0.4) is 0 Å². The summed E-state index contributed by atoms with van der Waals surface area (Å²) in [6.07, 6.45) is -0.747. The summed E-state index contributed by atoms with van der Waals surface area (Å²) in [4.78, 5) is 12.4. The summed E-state index contributed by atoms with van der Waals surface area (Å²) in [5, 5.41) is 6.66. The van der Waals surface area contributed by atoms with Gasteiger partial charge in [0.25, 0.3) is 5.91 Å². The third-order valence-corrected chi connectivity index (χ3v) is 3.90. The van der Waals surface area contributed by atoms with E-state index in [4.69, 9.17) is 14.0 Å². The normalized spacial score (nSPS) is 15.6. The van der Waals surface area contributed by atoms with E-state index in [0.29, 0.717) is 17.2 Å². The topological polar surface area (TPSA) is 73.6 Å². The van der Waals surface area contributed by atoms with Crippen LogP contribution < -0.4 is 14.8 Å². The van der Waals surface area contributed by atoms with Crippen LogP contribution in [0.2, 0.25) is 0 Å². The molecule has 0 saturated heterocycles. The molecule has 2 aromatic carbocycles. The van der Waals surface area contributed by atoms with Gasteiger partial charge in [-0.25, -0.2) is 0 Å². The maximum absolute atomic E-state index is 12.4. The smallest absolute Gasteiger partial charge is 0.271 e. The summed E-state index contributed by atoms with van der Waals surface area (Å²) in [5.74, 6) is 1.10. The summed E-state index contributed by atoms with van der Waals surface area (Å²) >= 11 is 0. The molecule has 0 bridgehead atoms. The highest BCUT2D eigenvalue weighted by molar-refractivity contribution is 5.94. The number of hydrogen-bond acceptors (Lipinski definition) is 5. The molecule has 0 unspecified atom stereocenters. The van der Waals surface area contributed by atoms with Crippen LogP contribution in [0.1, 0.15) is 5.56 Å². The lowest BCUT2D eigenvalue weighted by atomic mass is 10.1. The van der Waals surface area contributed by atoms with Gasteiger partial charge < -0.3 is 14.0 Å². The summed E-state index contributed by atoms with van der Waals surface area (Å²) in [6, 6.07) is 16.8. The fraction of sp³-hybridized carbons (Fsp3) is 0.158. The number of carbonyl (C=O) groups is 1. The quantitative estimate of drug-likeness (QED) is 0.793. The minimum absolute atomic E-state index is 0.141. The molecule has 0 spiro atoms. The minimum atomic E-state index is -0.747. The van der Waals surface area contributed by atoms with Crippen LogP contribution in [0.5, 0.6) is 11.5 Å². The number of ether oxygens (including phenoxy) is 2. The highest BCUT2D eigenvalue weighted by atomic mass is 16.6. The number of aryl methyl sites for hydroxylation is 1. The first kappa shape index (κ1) is 15.3. The molecule has 6 nitrogen and oxygen atoms in total. The van der Waals surface area contributed by atoms with E-state index in [0.717, 1.165) is 11.1 Å². The van der Waals surface area contributed by atoms with Gasteiger partial charge in [-0.05, 0) is 19.1 Å². The van der Waals surface area contributed by atoms with Crippen molar-refractivity contribution in [3.8, 4) is 22.8 Å². The SMILES string of the molecule is Cc1ccc(-c2cc(NC(=O)[C@H]3COc4ccccc4O3)on2)cc1. The number of aromatic nitrogens is 1. The first-order chi connectivity index (χ1) is 12.2. The van der Waals surface area contributed by atoms with E-state index >= 15 is 0 Å². The lowest BCUT2D eigenvalue weighted by Crippen LogP contribution is -2.40. The van der Waals surface area contributed by atoms with Gasteiger partial charge in [-0.15, -0.1) is 0 Å². The average Bonchev–Trinajstić information content (AvgIpc) is 3.10. The molecule has 1 amide bonds. The summed E-state index contributed by atoms with van der Waals surface area (Å²) in [5.41, 5.74) is 2.73. The number of anilines is 1. The van der Waals surface area contributed by atoms with Crippen LogP contribution in [0, 0.1) is 6.92 Å². The van der Waals surface area contributed by atoms with Gasteiger partial charge in [0, 0.05) is 11.6 Å². The number of fused-ring (bicyclic) bond motifs is 1. The van der Waals surface area contributed by atoms with Crippen molar-refractivity contribution in [1.29, 1.82) is 0 Å². The summed E-state index contributed by atoms with van der Waals surface area (Å²) < 4.78 is 16.4. The third kappa shape index (κ3) is 3.19. The van der Waals surface area contributed by atoms with Gasteiger partial charge in [0.05, 0.1) is 0 Å². The summed E-state index contributed by atoms with van der Waals surface area (Å²) in [7, 11) is 0. The van der Waals surface area contributed by atoms with Crippen molar-refractivity contribution in [2.45, 2.75) is 13.0 Å². The van der Waals surface area contributed by atoms with Gasteiger partial charge in [-0.3, -0.25) is 10.1 Å². The molecule has 1 aliphatic rings. The third-order valence-electron chi connectivity index (χ3n) is 3.90. The molecule has 2 heterocycles. The first-order valence-corrected chi connectivity index (χ1v) is 7.92. The zero-order valence-corrected chi connectivity index (χ0v) is 13.6. The van der Waals surface area contributed by atoms with Crippen molar-refractivity contribution in [3.63, 3.8) is 0 Å². The number of nitrogens with one attached hydrogen (secondary N) is 1. The van der Waals surface area contributed by atoms with E-state index in [-0.39, 0.29) is 18.4 Å². The molecule has 1 aromatic heterocycles. The van der Waals surface area contributed by atoms with Crippen molar-refractivity contribution in [2.75, 3.05) is 11.9 Å². The number of hydrogen-bond donors (Lipinski definition) is 1. The predicted molar refractivity (Wildman–Crippen MR) is 91.7 cm³/mol. The Morgan fingerprint density at radius 2 is 1.88 bits per heavy atom. The maximum atomic E-state index is 12.4. The number of amides is 1. The Labute approximate surface area is 144 Å². The van der Waals surface area contributed by atoms with E-state index in [2.05, 4.69) is 10.5 Å². The fourth-order valence-electron chi connectivity index (χ4n) is 2.55. The van der Waals surface area contributed by atoms with Crippen LogP contribution in [-0.4, -0.2) is 23.8 Å². The van der Waals surface area contributed by atoms with E-state index in [1.54, 1.807) is 18.2 Å². The van der Waals surface area contributed by atoms with Gasteiger partial charge in [0.1, 0.15) is 12.3 Å². The fourth-order valence-corrected chi connectivity index (χ4v) is 2.55. The number of benzene rings is 2. The van der Waals surface area contributed by atoms with Crippen LogP contribution >= 0.6 is 0 Å². The zero-order valence-electron chi connectivity index (χ0n) is 13.6. The lowest BCUT2D eigenvalue weighted by molar-refractivity contribution is -0.125. The molecule has 126 valence electrons. The Bertz CT molecular complexity index is 902. The molecule has 25 heavy (non-hydrogen) atoms. The number of rotatable bonds is 3. The van der Waals surface area contributed by atoms with Crippen molar-refractivity contribution in [3.05, 3.63) is 60.2 Å². The Morgan fingerprint density at radius 3 is 2.68 bits per heavy atom. The first-order valence-electron chi connectivity index (χ1n) is 7.92. The zero-order chi connectivity index (χ0) is 17.2. The second kappa shape index (κ2) is 6.32. The molecule has 1 N–H and O–H groups in total. The molecule has 6 heteroatoms. The molecule has 4 rings (SSSR count). The van der Waals surface area contributed by atoms with Gasteiger partial charge >= 0.3 is 0 Å². The van der Waals surface area contributed by atoms with E-state index < -0.39 is 6.10 Å². The molecule has 1 aliphatic heterocycles. The summed E-state index contributed by atoms with van der Waals surface area (Å²) in [6.45, 7) is 2.16.